The molecule has 0 saturated heterocycles. The van der Waals surface area contributed by atoms with Crippen LogP contribution in [-0.2, 0) is 14.3 Å². The van der Waals surface area contributed by atoms with Crippen LogP contribution >= 0.6 is 0 Å². The molecule has 0 spiro atoms. The van der Waals surface area contributed by atoms with Crippen LogP contribution in [0, 0.1) is 34.5 Å². The van der Waals surface area contributed by atoms with Crippen LogP contribution in [0.15, 0.2) is 48.1 Å². The van der Waals surface area contributed by atoms with E-state index >= 15 is 0 Å². The quantitative estimate of drug-likeness (QED) is 0.351. The molecule has 0 heterocycles. The number of carbonyl (C=O) groups excluding carboxylic acids is 2. The van der Waals surface area contributed by atoms with Gasteiger partial charge in [-0.3, -0.25) is 9.59 Å². The number of allylic oxidation sites excluding steroid dienone is 3. The first-order valence-corrected chi connectivity index (χ1v) is 12.8. The molecule has 4 rings (SSSR count). The molecule has 180 valence electrons. The summed E-state index contributed by atoms with van der Waals surface area (Å²) >= 11 is 0. The molecule has 0 N–H and O–H groups in total. The van der Waals surface area contributed by atoms with Crippen LogP contribution in [0.25, 0.3) is 0 Å². The molecule has 3 fully saturated rings. The van der Waals surface area contributed by atoms with E-state index in [-0.39, 0.29) is 35.1 Å². The molecule has 0 radical (unpaired) electrons. The van der Waals surface area contributed by atoms with Gasteiger partial charge in [0.15, 0.2) is 11.6 Å². The van der Waals surface area contributed by atoms with Crippen molar-refractivity contribution in [3.63, 3.8) is 0 Å². The SMILES string of the molecule is C=C1C(=O)C[C@@H]2[C@H](CC2(C)C)C(=C)CC[C@@H]1OC/C1=C\CCC(=C)[C@H]2CC(C)(C)[C@@H]2CC1=O. The third kappa shape index (κ3) is 4.63. The van der Waals surface area contributed by atoms with Crippen molar-refractivity contribution in [2.45, 2.75) is 85.2 Å². The summed E-state index contributed by atoms with van der Waals surface area (Å²) in [5, 5.41) is 0. The first-order chi connectivity index (χ1) is 15.4. The largest absolute Gasteiger partial charge is 0.369 e. The maximum atomic E-state index is 13.2. The molecule has 4 aliphatic carbocycles. The van der Waals surface area contributed by atoms with Crippen LogP contribution < -0.4 is 0 Å². The van der Waals surface area contributed by atoms with Gasteiger partial charge in [0.05, 0.1) is 12.7 Å². The van der Waals surface area contributed by atoms with E-state index in [1.165, 1.54) is 11.1 Å². The normalized spacial score (nSPS) is 38.0. The summed E-state index contributed by atoms with van der Waals surface area (Å²) in [6, 6.07) is 0. The van der Waals surface area contributed by atoms with Gasteiger partial charge in [-0.1, -0.05) is 64.7 Å². The van der Waals surface area contributed by atoms with Gasteiger partial charge in [-0.2, -0.15) is 0 Å². The highest BCUT2D eigenvalue weighted by Crippen LogP contribution is 2.57. The van der Waals surface area contributed by atoms with E-state index in [0.29, 0.717) is 48.5 Å². The molecule has 3 nitrogen and oxygen atoms in total. The van der Waals surface area contributed by atoms with E-state index in [9.17, 15) is 9.59 Å². The van der Waals surface area contributed by atoms with E-state index < -0.39 is 0 Å². The summed E-state index contributed by atoms with van der Waals surface area (Å²) in [6.45, 7) is 22.1. The number of rotatable bonds is 3. The molecule has 0 bridgehead atoms. The lowest BCUT2D eigenvalue weighted by Gasteiger charge is -2.52. The van der Waals surface area contributed by atoms with Crippen molar-refractivity contribution in [2.75, 3.05) is 6.61 Å². The minimum atomic E-state index is -0.348. The number of Topliss-reactive ketones (excluding diaryl/α,β-unsaturated/α-hetero) is 2. The summed E-state index contributed by atoms with van der Waals surface area (Å²) in [4.78, 5) is 26.3. The molecule has 0 amide bonds. The second kappa shape index (κ2) is 8.80. The van der Waals surface area contributed by atoms with Crippen LogP contribution in [0.4, 0.5) is 0 Å². The molecule has 3 saturated carbocycles. The van der Waals surface area contributed by atoms with Crippen molar-refractivity contribution in [1.29, 1.82) is 0 Å². The molecule has 0 aromatic rings. The molecule has 33 heavy (non-hydrogen) atoms. The first-order valence-electron chi connectivity index (χ1n) is 12.8. The highest BCUT2D eigenvalue weighted by Gasteiger charge is 2.50. The third-order valence-corrected chi connectivity index (χ3v) is 9.46. The minimum absolute atomic E-state index is 0.114. The van der Waals surface area contributed by atoms with Gasteiger partial charge in [0, 0.05) is 24.0 Å². The van der Waals surface area contributed by atoms with Crippen LogP contribution in [0.5, 0.6) is 0 Å². The van der Waals surface area contributed by atoms with Gasteiger partial charge in [-0.05, 0) is 73.0 Å². The fourth-order valence-corrected chi connectivity index (χ4v) is 6.95. The monoisotopic (exact) mass is 450 g/mol. The van der Waals surface area contributed by atoms with Crippen molar-refractivity contribution in [1.82, 2.24) is 0 Å². The predicted octanol–water partition coefficient (Wildman–Crippen LogP) is 6.80. The predicted molar refractivity (Wildman–Crippen MR) is 134 cm³/mol. The third-order valence-electron chi connectivity index (χ3n) is 9.46. The standard InChI is InChI=1S/C30H42O3/c1-18-9-8-10-21(27(32)14-25-22(18)15-30(25,6)7)17-33-28-12-11-19(2)23-16-29(4,5)24(23)13-26(31)20(28)3/h10,22-25,28H,1-3,8-9,11-17H2,4-7H3/b21-10+/t22-,23-,24-,25-,28+/m1/s1. The Morgan fingerprint density at radius 3 is 2.00 bits per heavy atom. The van der Waals surface area contributed by atoms with Crippen molar-refractivity contribution < 1.29 is 14.3 Å². The molecule has 5 atom stereocenters. The lowest BCUT2D eigenvalue weighted by molar-refractivity contribution is -0.121. The van der Waals surface area contributed by atoms with Crippen molar-refractivity contribution in [2.24, 2.45) is 34.5 Å². The van der Waals surface area contributed by atoms with Crippen LogP contribution in [0.3, 0.4) is 0 Å². The number of hydrogen-bond acceptors (Lipinski definition) is 3. The molecular formula is C30H42O3. The molecule has 4 aliphatic rings. The zero-order valence-corrected chi connectivity index (χ0v) is 21.2. The van der Waals surface area contributed by atoms with Gasteiger partial charge in [0.1, 0.15) is 0 Å². The fourth-order valence-electron chi connectivity index (χ4n) is 6.95. The Morgan fingerprint density at radius 1 is 0.879 bits per heavy atom. The fraction of sp³-hybridized carbons (Fsp3) is 0.667. The van der Waals surface area contributed by atoms with Gasteiger partial charge in [0.2, 0.25) is 0 Å². The Balaban J connectivity index is 1.44. The number of ether oxygens (including phenoxy) is 1. The molecule has 0 aromatic carbocycles. The van der Waals surface area contributed by atoms with Gasteiger partial charge < -0.3 is 4.74 Å². The van der Waals surface area contributed by atoms with Gasteiger partial charge in [-0.25, -0.2) is 0 Å². The molecule has 0 aromatic heterocycles. The first kappa shape index (κ1) is 24.4. The van der Waals surface area contributed by atoms with Crippen LogP contribution in [0.1, 0.15) is 79.1 Å². The summed E-state index contributed by atoms with van der Waals surface area (Å²) in [6.07, 6.45) is 8.33. The number of carbonyl (C=O) groups is 2. The summed E-state index contributed by atoms with van der Waals surface area (Å²) < 4.78 is 6.28. The van der Waals surface area contributed by atoms with E-state index in [4.69, 9.17) is 4.74 Å². The summed E-state index contributed by atoms with van der Waals surface area (Å²) in [5.74, 6) is 1.91. The smallest absolute Gasteiger partial charge is 0.161 e. The molecule has 0 aliphatic heterocycles. The van der Waals surface area contributed by atoms with Crippen molar-refractivity contribution in [3.05, 3.63) is 48.1 Å². The maximum absolute atomic E-state index is 13.2. The van der Waals surface area contributed by atoms with Crippen LogP contribution in [0.2, 0.25) is 0 Å². The maximum Gasteiger partial charge on any atom is 0.161 e. The number of ketones is 2. The number of hydrogen-bond donors (Lipinski definition) is 0. The average Bonchev–Trinajstić information content (AvgIpc) is 2.81. The highest BCUT2D eigenvalue weighted by molar-refractivity contribution is 5.97. The Bertz CT molecular complexity index is 915. The highest BCUT2D eigenvalue weighted by atomic mass is 16.5. The van der Waals surface area contributed by atoms with Gasteiger partial charge in [-0.15, -0.1) is 0 Å². The van der Waals surface area contributed by atoms with Gasteiger partial charge >= 0.3 is 0 Å². The Hall–Kier alpha value is -1.74. The summed E-state index contributed by atoms with van der Waals surface area (Å²) in [5.41, 5.74) is 4.21. The molecule has 0 unspecified atom stereocenters. The lowest BCUT2D eigenvalue weighted by Crippen LogP contribution is -2.45. The number of fused-ring (bicyclic) bond motifs is 2. The van der Waals surface area contributed by atoms with E-state index in [1.54, 1.807) is 0 Å². The average molecular weight is 451 g/mol. The molecular weight excluding hydrogens is 408 g/mol. The Labute approximate surface area is 200 Å². The second-order valence-electron chi connectivity index (χ2n) is 12.5. The molecule has 3 heteroatoms. The Morgan fingerprint density at radius 2 is 1.42 bits per heavy atom. The minimum Gasteiger partial charge on any atom is -0.369 e. The summed E-state index contributed by atoms with van der Waals surface area (Å²) in [7, 11) is 0. The zero-order valence-electron chi connectivity index (χ0n) is 21.2. The van der Waals surface area contributed by atoms with Gasteiger partial charge in [0.25, 0.3) is 0 Å². The van der Waals surface area contributed by atoms with Crippen molar-refractivity contribution in [3.8, 4) is 0 Å². The topological polar surface area (TPSA) is 43.4 Å². The Kier molecular flexibility index (Phi) is 6.50. The van der Waals surface area contributed by atoms with E-state index in [0.717, 1.165) is 37.7 Å². The van der Waals surface area contributed by atoms with E-state index in [2.05, 4.69) is 47.4 Å². The second-order valence-corrected chi connectivity index (χ2v) is 12.5. The van der Waals surface area contributed by atoms with E-state index in [1.807, 2.05) is 6.08 Å². The van der Waals surface area contributed by atoms with Crippen molar-refractivity contribution >= 4 is 11.6 Å². The van der Waals surface area contributed by atoms with Crippen LogP contribution in [-0.4, -0.2) is 24.3 Å². The zero-order chi connectivity index (χ0) is 24.1. The lowest BCUT2D eigenvalue weighted by atomic mass is 9.52.